The smallest absolute Gasteiger partial charge is 0.412 e. The van der Waals surface area contributed by atoms with Crippen LogP contribution >= 0.6 is 0 Å². The average Bonchev–Trinajstić information content (AvgIpc) is 3.40. The normalized spacial score (nSPS) is 11.1. The third-order valence-electron chi connectivity index (χ3n) is 5.28. The highest BCUT2D eigenvalue weighted by Gasteiger charge is 2.19. The number of nitrogens with zero attached hydrogens (tertiary/aromatic N) is 3. The van der Waals surface area contributed by atoms with Crippen molar-refractivity contribution in [3.63, 3.8) is 0 Å². The van der Waals surface area contributed by atoms with E-state index in [2.05, 4.69) is 20.9 Å². The van der Waals surface area contributed by atoms with E-state index in [1.54, 1.807) is 81.6 Å². The molecule has 0 aliphatic carbocycles. The molecular formula is C28H26FN5O4. The van der Waals surface area contributed by atoms with Gasteiger partial charge in [0.15, 0.2) is 5.78 Å². The maximum absolute atomic E-state index is 13.4. The molecule has 0 atom stereocenters. The Balaban J connectivity index is 1.55. The third-order valence-corrected chi connectivity index (χ3v) is 5.28. The molecular weight excluding hydrogens is 489 g/mol. The molecule has 4 aromatic rings. The van der Waals surface area contributed by atoms with Gasteiger partial charge in [0.2, 0.25) is 5.91 Å². The highest BCUT2D eigenvalue weighted by molar-refractivity contribution is 6.12. The highest BCUT2D eigenvalue weighted by atomic mass is 19.1. The maximum atomic E-state index is 13.4. The van der Waals surface area contributed by atoms with Crippen LogP contribution in [-0.4, -0.2) is 38.4 Å². The van der Waals surface area contributed by atoms with E-state index in [4.69, 9.17) is 4.74 Å². The van der Waals surface area contributed by atoms with Gasteiger partial charge in [-0.15, -0.1) is 5.10 Å². The third kappa shape index (κ3) is 6.88. The first-order chi connectivity index (χ1) is 18.1. The summed E-state index contributed by atoms with van der Waals surface area (Å²) in [5.41, 5.74) is 2.14. The number of halogens is 1. The van der Waals surface area contributed by atoms with Crippen LogP contribution in [0.1, 0.15) is 37.6 Å². The van der Waals surface area contributed by atoms with E-state index in [1.165, 1.54) is 23.0 Å². The first-order valence-electron chi connectivity index (χ1n) is 11.8. The Morgan fingerprint density at radius 3 is 2.34 bits per heavy atom. The van der Waals surface area contributed by atoms with E-state index in [0.29, 0.717) is 22.4 Å². The molecule has 0 aliphatic rings. The van der Waals surface area contributed by atoms with Crippen molar-refractivity contribution in [1.29, 1.82) is 0 Å². The highest BCUT2D eigenvalue weighted by Crippen LogP contribution is 2.30. The van der Waals surface area contributed by atoms with Crippen molar-refractivity contribution >= 4 is 29.2 Å². The molecule has 2 N–H and O–H groups in total. The fourth-order valence-corrected chi connectivity index (χ4v) is 3.60. The minimum absolute atomic E-state index is 0.256. The summed E-state index contributed by atoms with van der Waals surface area (Å²) in [6.45, 7) is 5.20. The Morgan fingerprint density at radius 1 is 0.921 bits per heavy atom. The standard InChI is InChI=1S/C28H26FN5O4/c1-28(2,3)38-27(37)32-23-12-9-19(18-7-10-21(29)11-8-18)16-24(23)31-26(36)17-25(35)20-5-4-6-22(15-20)34-14-13-30-33-34/h4-16H,17H2,1-3H3,(H,31,36)(H,32,37). The second kappa shape index (κ2) is 11.0. The molecule has 0 fully saturated rings. The summed E-state index contributed by atoms with van der Waals surface area (Å²) < 4.78 is 20.2. The summed E-state index contributed by atoms with van der Waals surface area (Å²) in [5.74, 6) is -1.36. The van der Waals surface area contributed by atoms with Crippen molar-refractivity contribution in [2.45, 2.75) is 32.8 Å². The minimum Gasteiger partial charge on any atom is -0.444 e. The molecule has 0 saturated carbocycles. The van der Waals surface area contributed by atoms with E-state index in [-0.39, 0.29) is 17.2 Å². The van der Waals surface area contributed by atoms with Crippen LogP contribution in [0.25, 0.3) is 16.8 Å². The van der Waals surface area contributed by atoms with Crippen LogP contribution in [0.2, 0.25) is 0 Å². The van der Waals surface area contributed by atoms with Crippen LogP contribution in [0.3, 0.4) is 0 Å². The average molecular weight is 516 g/mol. The summed E-state index contributed by atoms with van der Waals surface area (Å²) in [4.78, 5) is 38.2. The predicted octanol–water partition coefficient (Wildman–Crippen LogP) is 5.63. The van der Waals surface area contributed by atoms with Gasteiger partial charge in [0.25, 0.3) is 0 Å². The summed E-state index contributed by atoms with van der Waals surface area (Å²) in [7, 11) is 0. The summed E-state index contributed by atoms with van der Waals surface area (Å²) in [6, 6.07) is 17.5. The van der Waals surface area contributed by atoms with Gasteiger partial charge < -0.3 is 10.1 Å². The van der Waals surface area contributed by atoms with Gasteiger partial charge in [0, 0.05) is 5.56 Å². The quantitative estimate of drug-likeness (QED) is 0.243. The fraction of sp³-hybridized carbons (Fsp3) is 0.179. The number of rotatable bonds is 7. The van der Waals surface area contributed by atoms with Gasteiger partial charge in [0.1, 0.15) is 11.4 Å². The number of hydrogen-bond acceptors (Lipinski definition) is 6. The van der Waals surface area contributed by atoms with Gasteiger partial charge in [0.05, 0.1) is 35.9 Å². The number of carbonyl (C=O) groups is 3. The SMILES string of the molecule is CC(C)(C)OC(=O)Nc1ccc(-c2ccc(F)cc2)cc1NC(=O)CC(=O)c1cccc(-n2ccnn2)c1. The molecule has 0 saturated heterocycles. The van der Waals surface area contributed by atoms with Crippen LogP contribution in [0.4, 0.5) is 20.6 Å². The molecule has 10 heteroatoms. The maximum Gasteiger partial charge on any atom is 0.412 e. The zero-order chi connectivity index (χ0) is 27.3. The number of ketones is 1. The van der Waals surface area contributed by atoms with E-state index >= 15 is 0 Å². The Labute approximate surface area is 218 Å². The zero-order valence-corrected chi connectivity index (χ0v) is 21.1. The second-order valence-electron chi connectivity index (χ2n) is 9.44. The molecule has 38 heavy (non-hydrogen) atoms. The number of benzene rings is 3. The van der Waals surface area contributed by atoms with Gasteiger partial charge in [-0.05, 0) is 68.3 Å². The molecule has 2 amide bonds. The number of anilines is 2. The number of aromatic nitrogens is 3. The van der Waals surface area contributed by atoms with Crippen molar-refractivity contribution in [2.75, 3.05) is 10.6 Å². The van der Waals surface area contributed by atoms with Crippen molar-refractivity contribution in [3.05, 3.63) is 90.5 Å². The predicted molar refractivity (Wildman–Crippen MR) is 141 cm³/mol. The molecule has 0 aliphatic heterocycles. The van der Waals surface area contributed by atoms with Gasteiger partial charge in [-0.3, -0.25) is 14.9 Å². The van der Waals surface area contributed by atoms with Crippen molar-refractivity contribution < 1.29 is 23.5 Å². The molecule has 1 heterocycles. The first kappa shape index (κ1) is 26.2. The van der Waals surface area contributed by atoms with E-state index in [9.17, 15) is 18.8 Å². The lowest BCUT2D eigenvalue weighted by atomic mass is 10.0. The zero-order valence-electron chi connectivity index (χ0n) is 21.1. The molecule has 0 bridgehead atoms. The molecule has 194 valence electrons. The fourth-order valence-electron chi connectivity index (χ4n) is 3.60. The molecule has 1 aromatic heterocycles. The second-order valence-corrected chi connectivity index (χ2v) is 9.44. The lowest BCUT2D eigenvalue weighted by Gasteiger charge is -2.21. The van der Waals surface area contributed by atoms with Crippen molar-refractivity contribution in [2.24, 2.45) is 0 Å². The molecule has 0 unspecified atom stereocenters. The van der Waals surface area contributed by atoms with E-state index in [1.807, 2.05) is 0 Å². The van der Waals surface area contributed by atoms with Crippen molar-refractivity contribution in [1.82, 2.24) is 15.0 Å². The van der Waals surface area contributed by atoms with E-state index < -0.39 is 29.8 Å². The molecule has 9 nitrogen and oxygen atoms in total. The lowest BCUT2D eigenvalue weighted by Crippen LogP contribution is -2.27. The number of carbonyl (C=O) groups excluding carboxylic acids is 3. The van der Waals surface area contributed by atoms with Crippen LogP contribution in [0.15, 0.2) is 79.1 Å². The summed E-state index contributed by atoms with van der Waals surface area (Å²) >= 11 is 0. The molecule has 3 aromatic carbocycles. The van der Waals surface area contributed by atoms with Gasteiger partial charge in [-0.2, -0.15) is 0 Å². The summed E-state index contributed by atoms with van der Waals surface area (Å²) in [5, 5.41) is 13.0. The Morgan fingerprint density at radius 2 is 1.66 bits per heavy atom. The molecule has 4 rings (SSSR count). The Hall–Kier alpha value is -4.86. The van der Waals surface area contributed by atoms with Crippen molar-refractivity contribution in [3.8, 4) is 16.8 Å². The topological polar surface area (TPSA) is 115 Å². The van der Waals surface area contributed by atoms with Crippen LogP contribution in [0, 0.1) is 5.82 Å². The van der Waals surface area contributed by atoms with E-state index in [0.717, 1.165) is 0 Å². The summed E-state index contributed by atoms with van der Waals surface area (Å²) in [6.07, 6.45) is 2.02. The Bertz CT molecular complexity index is 1460. The number of hydrogen-bond donors (Lipinski definition) is 2. The van der Waals surface area contributed by atoms with Gasteiger partial charge in [-0.25, -0.2) is 13.9 Å². The Kier molecular flexibility index (Phi) is 7.61. The largest absolute Gasteiger partial charge is 0.444 e. The van der Waals surface area contributed by atoms with Crippen LogP contribution < -0.4 is 10.6 Å². The first-order valence-corrected chi connectivity index (χ1v) is 11.8. The molecule has 0 radical (unpaired) electrons. The number of ether oxygens (including phenoxy) is 1. The number of Topliss-reactive ketones (excluding diaryl/α,β-unsaturated/α-hetero) is 1. The molecule has 0 spiro atoms. The van der Waals surface area contributed by atoms with Crippen LogP contribution in [0.5, 0.6) is 0 Å². The minimum atomic E-state index is -0.727. The lowest BCUT2D eigenvalue weighted by molar-refractivity contribution is -0.115. The van der Waals surface area contributed by atoms with Gasteiger partial charge in [-0.1, -0.05) is 35.5 Å². The number of nitrogens with one attached hydrogen (secondary N) is 2. The van der Waals surface area contributed by atoms with Gasteiger partial charge >= 0.3 is 6.09 Å². The monoisotopic (exact) mass is 515 g/mol. The number of amides is 2. The van der Waals surface area contributed by atoms with Crippen LogP contribution in [-0.2, 0) is 9.53 Å².